The van der Waals surface area contributed by atoms with E-state index in [-0.39, 0.29) is 37.2 Å². The number of benzene rings is 2. The molecule has 0 saturated carbocycles. The number of halogens is 3. The van der Waals surface area contributed by atoms with E-state index in [0.717, 1.165) is 6.42 Å². The SMILES string of the molecule is C[Si](C)(C)C1=[C]([Ti+3])C(C(c2ccccc2)c2ccccc2)=CC1.[Cl-].[Cl-].[Cl-]. The molecule has 0 N–H and O–H groups in total. The fourth-order valence-electron chi connectivity index (χ4n) is 3.38. The van der Waals surface area contributed by atoms with Gasteiger partial charge in [-0.3, -0.25) is 0 Å². The van der Waals surface area contributed by atoms with Crippen LogP contribution in [0.2, 0.25) is 19.6 Å². The predicted molar refractivity (Wildman–Crippen MR) is 97.8 cm³/mol. The summed E-state index contributed by atoms with van der Waals surface area (Å²) in [6.45, 7) is 7.38. The van der Waals surface area contributed by atoms with Crippen LogP contribution in [0.5, 0.6) is 0 Å². The first-order valence-corrected chi connectivity index (χ1v) is 12.5. The van der Waals surface area contributed by atoms with E-state index < -0.39 is 8.07 Å². The maximum atomic E-state index is 2.48. The van der Waals surface area contributed by atoms with Gasteiger partial charge < -0.3 is 37.2 Å². The van der Waals surface area contributed by atoms with Gasteiger partial charge >= 0.3 is 153 Å². The molecule has 0 bridgehead atoms. The van der Waals surface area contributed by atoms with Crippen molar-refractivity contribution < 1.29 is 57.7 Å². The minimum absolute atomic E-state index is 0. The summed E-state index contributed by atoms with van der Waals surface area (Å²) >= 11 is 2.34. The Morgan fingerprint density at radius 3 is 1.54 bits per heavy atom. The molecule has 5 heteroatoms. The van der Waals surface area contributed by atoms with Gasteiger partial charge in [0.2, 0.25) is 0 Å². The molecule has 0 atom stereocenters. The average molecular weight is 458 g/mol. The van der Waals surface area contributed by atoms with Crippen LogP contribution in [-0.4, -0.2) is 8.07 Å². The second-order valence-electron chi connectivity index (χ2n) is 7.22. The molecule has 0 fully saturated rings. The third kappa shape index (κ3) is 5.61. The summed E-state index contributed by atoms with van der Waals surface area (Å²) in [7, 11) is -1.25. The van der Waals surface area contributed by atoms with Gasteiger partial charge in [-0.1, -0.05) is 0 Å². The fourth-order valence-corrected chi connectivity index (χ4v) is 7.29. The summed E-state index contributed by atoms with van der Waals surface area (Å²) < 4.78 is 1.54. The zero-order chi connectivity index (χ0) is 16.4. The smallest absolute Gasteiger partial charge is 1.00 e. The molecule has 0 spiro atoms. The molecule has 0 unspecified atom stereocenters. The van der Waals surface area contributed by atoms with Crippen LogP contribution in [0.25, 0.3) is 0 Å². The Kier molecular flexibility index (Phi) is 10.8. The summed E-state index contributed by atoms with van der Waals surface area (Å²) in [5, 5.41) is 1.71. The number of hydrogen-bond acceptors (Lipinski definition) is 0. The van der Waals surface area contributed by atoms with Crippen molar-refractivity contribution in [1.29, 1.82) is 0 Å². The van der Waals surface area contributed by atoms with Crippen molar-refractivity contribution in [1.82, 2.24) is 0 Å². The molecule has 0 aromatic heterocycles. The standard InChI is InChI=1S/C21H23Si.3ClH.Ti/c1-22(2,3)20-15-14-19(16-20)21(17-10-6-4-7-11-17)18-12-8-5-9-13-18;;;;/h4-14,21H,15H2,1-3H3;3*1H;/q;;;;+3/p-3. The molecule has 0 aliphatic heterocycles. The van der Waals surface area contributed by atoms with Crippen molar-refractivity contribution in [2.24, 2.45) is 0 Å². The second-order valence-corrected chi connectivity index (χ2v) is 13.1. The second kappa shape index (κ2) is 10.9. The molecule has 3 rings (SSSR count). The summed E-state index contributed by atoms with van der Waals surface area (Å²) in [6.07, 6.45) is 3.63. The number of rotatable bonds is 4. The molecule has 0 radical (unpaired) electrons. The molecule has 0 amide bonds. The van der Waals surface area contributed by atoms with E-state index in [2.05, 4.69) is 107 Å². The summed E-state index contributed by atoms with van der Waals surface area (Å²) in [6, 6.07) is 21.9. The van der Waals surface area contributed by atoms with Crippen molar-refractivity contribution in [2.75, 3.05) is 0 Å². The van der Waals surface area contributed by atoms with E-state index in [4.69, 9.17) is 0 Å². The molecule has 1 aliphatic rings. The number of allylic oxidation sites excluding steroid dienone is 4. The molecule has 0 heterocycles. The van der Waals surface area contributed by atoms with Gasteiger partial charge in [0.05, 0.1) is 0 Å². The average Bonchev–Trinajstić information content (AvgIpc) is 2.92. The van der Waals surface area contributed by atoms with Gasteiger partial charge in [-0.2, -0.15) is 0 Å². The van der Waals surface area contributed by atoms with Crippen molar-refractivity contribution in [3.63, 3.8) is 0 Å². The Balaban J connectivity index is 0.00000208. The quantitative estimate of drug-likeness (QED) is 0.426. The van der Waals surface area contributed by atoms with Crippen LogP contribution in [-0.2, 0) is 20.4 Å². The van der Waals surface area contributed by atoms with Gasteiger partial charge in [0.15, 0.2) is 0 Å². The minimum Gasteiger partial charge on any atom is -1.00 e. The number of hydrogen-bond donors (Lipinski definition) is 0. The molecular weight excluding hydrogens is 435 g/mol. The predicted octanol–water partition coefficient (Wildman–Crippen LogP) is -3.16. The van der Waals surface area contributed by atoms with Crippen LogP contribution in [0.1, 0.15) is 23.5 Å². The summed E-state index contributed by atoms with van der Waals surface area (Å²) in [5.74, 6) is 0.353. The van der Waals surface area contributed by atoms with Crippen LogP contribution in [0.4, 0.5) is 0 Å². The largest absolute Gasteiger partial charge is 1.00 e. The molecule has 1 aliphatic carbocycles. The van der Waals surface area contributed by atoms with Crippen LogP contribution in [0, 0.1) is 0 Å². The van der Waals surface area contributed by atoms with E-state index in [0.29, 0.717) is 5.92 Å². The first kappa shape index (κ1) is 25.7. The van der Waals surface area contributed by atoms with E-state index in [1.54, 1.807) is 9.07 Å². The first-order valence-electron chi connectivity index (χ1n) is 8.24. The van der Waals surface area contributed by atoms with Gasteiger partial charge in [0.25, 0.3) is 0 Å². The molecule has 0 nitrogen and oxygen atoms in total. The fraction of sp³-hybridized carbons (Fsp3) is 0.238. The zero-order valence-electron chi connectivity index (χ0n) is 15.3. The zero-order valence-corrected chi connectivity index (χ0v) is 20.1. The summed E-state index contributed by atoms with van der Waals surface area (Å²) in [4.78, 5) is 0. The van der Waals surface area contributed by atoms with E-state index in [9.17, 15) is 0 Å². The summed E-state index contributed by atoms with van der Waals surface area (Å²) in [5.41, 5.74) is 4.29. The molecule has 2 aromatic rings. The minimum atomic E-state index is -1.25. The Morgan fingerprint density at radius 2 is 1.19 bits per heavy atom. The third-order valence-electron chi connectivity index (χ3n) is 4.60. The maximum absolute atomic E-state index is 2.48. The normalized spacial score (nSPS) is 13.5. The molecule has 136 valence electrons. The maximum Gasteiger partial charge on any atom is -1.00 e. The van der Waals surface area contributed by atoms with Gasteiger partial charge in [0, 0.05) is 0 Å². The van der Waals surface area contributed by atoms with Crippen molar-refractivity contribution in [2.45, 2.75) is 32.0 Å². The van der Waals surface area contributed by atoms with Crippen LogP contribution >= 0.6 is 0 Å². The topological polar surface area (TPSA) is 0 Å². The van der Waals surface area contributed by atoms with Gasteiger partial charge in [-0.05, 0) is 0 Å². The van der Waals surface area contributed by atoms with Gasteiger partial charge in [0.1, 0.15) is 0 Å². The van der Waals surface area contributed by atoms with Crippen LogP contribution in [0.15, 0.2) is 81.4 Å². The molecular formula is C21H23Cl3SiTi. The van der Waals surface area contributed by atoms with Crippen LogP contribution in [0.3, 0.4) is 0 Å². The van der Waals surface area contributed by atoms with Gasteiger partial charge in [-0.25, -0.2) is 0 Å². The molecule has 26 heavy (non-hydrogen) atoms. The Bertz CT molecular complexity index is 710. The molecule has 2 aromatic carbocycles. The Labute approximate surface area is 189 Å². The van der Waals surface area contributed by atoms with E-state index in [1.807, 2.05) is 0 Å². The van der Waals surface area contributed by atoms with Gasteiger partial charge in [-0.15, -0.1) is 0 Å². The van der Waals surface area contributed by atoms with Crippen molar-refractivity contribution in [3.8, 4) is 0 Å². The monoisotopic (exact) mass is 456 g/mol. The van der Waals surface area contributed by atoms with Crippen molar-refractivity contribution >= 4 is 8.07 Å². The van der Waals surface area contributed by atoms with E-state index in [1.165, 1.54) is 16.7 Å². The van der Waals surface area contributed by atoms with E-state index >= 15 is 0 Å². The third-order valence-corrected chi connectivity index (χ3v) is 8.18. The Morgan fingerprint density at radius 1 is 0.769 bits per heavy atom. The Hall–Kier alpha value is -0.279. The first-order chi connectivity index (χ1) is 11.0. The van der Waals surface area contributed by atoms with Crippen LogP contribution < -0.4 is 37.2 Å². The molecule has 0 saturated heterocycles. The van der Waals surface area contributed by atoms with Crippen molar-refractivity contribution in [3.05, 3.63) is 92.5 Å².